The van der Waals surface area contributed by atoms with E-state index in [9.17, 15) is 26.4 Å². The van der Waals surface area contributed by atoms with Crippen molar-refractivity contribution in [3.63, 3.8) is 0 Å². The number of benzene rings is 3. The number of rotatable bonds is 8. The molecule has 35 heavy (non-hydrogen) atoms. The maximum Gasteiger partial charge on any atom is 0.416 e. The van der Waals surface area contributed by atoms with Crippen LogP contribution in [-0.4, -0.2) is 34.2 Å². The van der Waals surface area contributed by atoms with E-state index in [1.165, 1.54) is 43.7 Å². The van der Waals surface area contributed by atoms with Gasteiger partial charge in [0.05, 0.1) is 29.5 Å². The highest BCUT2D eigenvalue weighted by molar-refractivity contribution is 9.10. The van der Waals surface area contributed by atoms with E-state index in [0.29, 0.717) is 21.7 Å². The third kappa shape index (κ3) is 6.61. The Bertz CT molecular complexity index is 1330. The smallest absolute Gasteiger partial charge is 0.416 e. The van der Waals surface area contributed by atoms with Crippen LogP contribution in [0.15, 0.2) is 87.3 Å². The van der Waals surface area contributed by atoms with Crippen molar-refractivity contribution in [3.8, 4) is 5.75 Å². The molecule has 3 rings (SSSR count). The molecule has 12 heteroatoms. The number of hydrazone groups is 1. The second-order valence-corrected chi connectivity index (χ2v) is 9.83. The number of nitrogens with zero attached hydrogens (tertiary/aromatic N) is 2. The summed E-state index contributed by atoms with van der Waals surface area (Å²) in [7, 11) is -2.92. The second-order valence-electron chi connectivity index (χ2n) is 7.05. The molecule has 0 atom stereocenters. The normalized spacial score (nSPS) is 11.9. The van der Waals surface area contributed by atoms with Crippen molar-refractivity contribution < 1.29 is 31.1 Å². The van der Waals surface area contributed by atoms with Crippen molar-refractivity contribution in [1.29, 1.82) is 0 Å². The van der Waals surface area contributed by atoms with E-state index < -0.39 is 34.2 Å². The summed E-state index contributed by atoms with van der Waals surface area (Å²) in [6.07, 6.45) is -3.41. The largest absolute Gasteiger partial charge is 0.496 e. The number of anilines is 1. The molecule has 0 saturated carbocycles. The standard InChI is InChI=1S/C23H19BrF3N3O4S/c1-34-21-11-10-18(24)12-16(21)14-28-29-22(31)15-30(35(32,33)20-8-3-2-4-9-20)19-7-5-6-17(13-19)23(25,26)27/h2-14H,15H2,1H3,(H,29,31)/b28-14-. The first-order valence-electron chi connectivity index (χ1n) is 9.93. The number of carbonyl (C=O) groups excluding carboxylic acids is 1. The van der Waals surface area contributed by atoms with Gasteiger partial charge in [0, 0.05) is 10.0 Å². The Morgan fingerprint density at radius 1 is 1.09 bits per heavy atom. The van der Waals surface area contributed by atoms with E-state index in [2.05, 4.69) is 26.5 Å². The van der Waals surface area contributed by atoms with Crippen LogP contribution in [0.1, 0.15) is 11.1 Å². The van der Waals surface area contributed by atoms with Crippen LogP contribution >= 0.6 is 15.9 Å². The molecule has 0 unspecified atom stereocenters. The Hall–Kier alpha value is -3.38. The number of hydrogen-bond donors (Lipinski definition) is 1. The second kappa shape index (κ2) is 10.9. The third-order valence-electron chi connectivity index (χ3n) is 4.66. The monoisotopic (exact) mass is 569 g/mol. The summed E-state index contributed by atoms with van der Waals surface area (Å²) < 4.78 is 72.8. The summed E-state index contributed by atoms with van der Waals surface area (Å²) in [6.45, 7) is -0.814. The quantitative estimate of drug-likeness (QED) is 0.311. The number of alkyl halides is 3. The maximum absolute atomic E-state index is 13.3. The van der Waals surface area contributed by atoms with Crippen molar-refractivity contribution in [1.82, 2.24) is 5.43 Å². The zero-order chi connectivity index (χ0) is 25.6. The highest BCUT2D eigenvalue weighted by Crippen LogP contribution is 2.33. The molecule has 0 heterocycles. The van der Waals surface area contributed by atoms with Crippen molar-refractivity contribution in [3.05, 3.63) is 88.4 Å². The third-order valence-corrected chi connectivity index (χ3v) is 6.95. The molecule has 3 aromatic carbocycles. The lowest BCUT2D eigenvalue weighted by molar-refractivity contribution is -0.137. The number of sulfonamides is 1. The van der Waals surface area contributed by atoms with Gasteiger partial charge in [-0.1, -0.05) is 40.2 Å². The molecule has 0 aliphatic heterocycles. The summed E-state index contributed by atoms with van der Waals surface area (Å²) in [5, 5.41) is 3.82. The molecule has 0 saturated heterocycles. The summed E-state index contributed by atoms with van der Waals surface area (Å²) >= 11 is 3.31. The molecule has 0 aromatic heterocycles. The minimum absolute atomic E-state index is 0.187. The average Bonchev–Trinajstić information content (AvgIpc) is 2.83. The fourth-order valence-electron chi connectivity index (χ4n) is 3.02. The Labute approximate surface area is 208 Å². The summed E-state index contributed by atoms with van der Waals surface area (Å²) in [6, 6.07) is 15.9. The molecule has 3 aromatic rings. The van der Waals surface area contributed by atoms with Crippen LogP contribution in [0.3, 0.4) is 0 Å². The van der Waals surface area contributed by atoms with Gasteiger partial charge in [-0.15, -0.1) is 0 Å². The average molecular weight is 570 g/mol. The number of amides is 1. The predicted octanol–water partition coefficient (Wildman–Crippen LogP) is 4.82. The molecule has 0 spiro atoms. The first-order valence-corrected chi connectivity index (χ1v) is 12.2. The molecule has 7 nitrogen and oxygen atoms in total. The lowest BCUT2D eigenvalue weighted by atomic mass is 10.2. The first-order chi connectivity index (χ1) is 16.5. The van der Waals surface area contributed by atoms with Crippen molar-refractivity contribution >= 4 is 43.8 Å². The minimum Gasteiger partial charge on any atom is -0.496 e. The molecule has 0 radical (unpaired) electrons. The number of nitrogens with one attached hydrogen (secondary N) is 1. The number of hydrogen-bond acceptors (Lipinski definition) is 5. The molecular weight excluding hydrogens is 551 g/mol. The fourth-order valence-corrected chi connectivity index (χ4v) is 4.83. The lowest BCUT2D eigenvalue weighted by Crippen LogP contribution is -2.39. The molecule has 0 fully saturated rings. The topological polar surface area (TPSA) is 88.1 Å². The number of ether oxygens (including phenoxy) is 1. The zero-order valence-corrected chi connectivity index (χ0v) is 20.6. The zero-order valence-electron chi connectivity index (χ0n) is 18.2. The van der Waals surface area contributed by atoms with Crippen LogP contribution in [0.5, 0.6) is 5.75 Å². The van der Waals surface area contributed by atoms with Gasteiger partial charge in [-0.3, -0.25) is 9.10 Å². The van der Waals surface area contributed by atoms with Crippen LogP contribution in [0.2, 0.25) is 0 Å². The number of carbonyl (C=O) groups is 1. The van der Waals surface area contributed by atoms with E-state index in [1.54, 1.807) is 24.3 Å². The van der Waals surface area contributed by atoms with Gasteiger partial charge in [0.15, 0.2) is 0 Å². The molecule has 184 valence electrons. The van der Waals surface area contributed by atoms with Gasteiger partial charge in [-0.25, -0.2) is 13.8 Å². The minimum atomic E-state index is -4.70. The Morgan fingerprint density at radius 2 is 1.80 bits per heavy atom. The highest BCUT2D eigenvalue weighted by atomic mass is 79.9. The van der Waals surface area contributed by atoms with Crippen LogP contribution in [0.4, 0.5) is 18.9 Å². The first kappa shape index (κ1) is 26.2. The Kier molecular flexibility index (Phi) is 8.18. The molecule has 1 amide bonds. The number of methoxy groups -OCH3 is 1. The van der Waals surface area contributed by atoms with Crippen molar-refractivity contribution in [2.45, 2.75) is 11.1 Å². The van der Waals surface area contributed by atoms with Gasteiger partial charge in [-0.2, -0.15) is 18.3 Å². The van der Waals surface area contributed by atoms with E-state index in [-0.39, 0.29) is 10.6 Å². The van der Waals surface area contributed by atoms with Gasteiger partial charge in [-0.05, 0) is 48.5 Å². The van der Waals surface area contributed by atoms with Gasteiger partial charge in [0.2, 0.25) is 0 Å². The maximum atomic E-state index is 13.3. The number of halogens is 4. The van der Waals surface area contributed by atoms with Crippen LogP contribution in [0, 0.1) is 0 Å². The lowest BCUT2D eigenvalue weighted by Gasteiger charge is -2.24. The molecule has 1 N–H and O–H groups in total. The van der Waals surface area contributed by atoms with Crippen molar-refractivity contribution in [2.75, 3.05) is 18.0 Å². The molecule has 0 bridgehead atoms. The summed E-state index contributed by atoms with van der Waals surface area (Å²) in [5.41, 5.74) is 1.35. The van der Waals surface area contributed by atoms with Gasteiger partial charge in [0.1, 0.15) is 12.3 Å². The summed E-state index contributed by atoms with van der Waals surface area (Å²) in [5.74, 6) is -0.393. The molecule has 0 aliphatic carbocycles. The predicted molar refractivity (Wildman–Crippen MR) is 129 cm³/mol. The van der Waals surface area contributed by atoms with E-state index in [0.717, 1.165) is 16.6 Å². The van der Waals surface area contributed by atoms with Gasteiger partial charge >= 0.3 is 6.18 Å². The summed E-state index contributed by atoms with van der Waals surface area (Å²) in [4.78, 5) is 12.4. The van der Waals surface area contributed by atoms with E-state index >= 15 is 0 Å². The SMILES string of the molecule is COc1ccc(Br)cc1/C=N\NC(=O)CN(c1cccc(C(F)(F)F)c1)S(=O)(=O)c1ccccc1. The fraction of sp³-hybridized carbons (Fsp3) is 0.130. The Morgan fingerprint density at radius 3 is 2.46 bits per heavy atom. The van der Waals surface area contributed by atoms with Crippen LogP contribution < -0.4 is 14.5 Å². The van der Waals surface area contributed by atoms with E-state index in [1.807, 2.05) is 0 Å². The molecular formula is C23H19BrF3N3O4S. The van der Waals surface area contributed by atoms with Gasteiger partial charge < -0.3 is 4.74 Å². The highest BCUT2D eigenvalue weighted by Gasteiger charge is 2.33. The van der Waals surface area contributed by atoms with Gasteiger partial charge in [0.25, 0.3) is 15.9 Å². The van der Waals surface area contributed by atoms with Crippen LogP contribution in [-0.2, 0) is 21.0 Å². The van der Waals surface area contributed by atoms with Crippen LogP contribution in [0.25, 0.3) is 0 Å². The Balaban J connectivity index is 1.91. The molecule has 0 aliphatic rings. The van der Waals surface area contributed by atoms with E-state index in [4.69, 9.17) is 4.74 Å². The van der Waals surface area contributed by atoms with Crippen molar-refractivity contribution in [2.24, 2.45) is 5.10 Å².